The van der Waals surface area contributed by atoms with E-state index in [1.54, 1.807) is 0 Å². The van der Waals surface area contributed by atoms with Crippen LogP contribution in [-0.2, 0) is 4.74 Å². The van der Waals surface area contributed by atoms with Gasteiger partial charge in [0.2, 0.25) is 0 Å². The lowest BCUT2D eigenvalue weighted by Gasteiger charge is -2.20. The van der Waals surface area contributed by atoms with Crippen molar-refractivity contribution in [3.63, 3.8) is 0 Å². The number of nitrogens with one attached hydrogen (secondary N) is 1. The van der Waals surface area contributed by atoms with Crippen LogP contribution in [0.3, 0.4) is 0 Å². The topological polar surface area (TPSA) is 24.5 Å². The third-order valence-electron chi connectivity index (χ3n) is 2.33. The van der Waals surface area contributed by atoms with Crippen molar-refractivity contribution in [3.05, 3.63) is 0 Å². The molecule has 0 amide bonds. The number of halogens is 2. The van der Waals surface area contributed by atoms with Crippen molar-refractivity contribution >= 4 is 0 Å². The molecule has 98 valence electrons. The highest BCUT2D eigenvalue weighted by atomic mass is 19.3. The lowest BCUT2D eigenvalue weighted by Crippen LogP contribution is -2.38. The van der Waals surface area contributed by atoms with Gasteiger partial charge in [-0.15, -0.1) is 0 Å². The minimum absolute atomic E-state index is 0.397. The Morgan fingerprint density at radius 1 is 1.38 bits per heavy atom. The molecule has 1 N–H and O–H groups in total. The minimum atomic E-state index is -2.36. The lowest BCUT2D eigenvalue weighted by atomic mass is 10.3. The molecule has 0 bridgehead atoms. The fourth-order valence-electron chi connectivity index (χ4n) is 1.36. The molecule has 0 saturated heterocycles. The Morgan fingerprint density at radius 3 is 2.62 bits per heavy atom. The second-order valence-electron chi connectivity index (χ2n) is 4.03. The van der Waals surface area contributed by atoms with E-state index in [4.69, 9.17) is 4.74 Å². The van der Waals surface area contributed by atoms with Crippen molar-refractivity contribution in [1.29, 1.82) is 0 Å². The van der Waals surface area contributed by atoms with E-state index >= 15 is 0 Å². The second-order valence-corrected chi connectivity index (χ2v) is 4.03. The van der Waals surface area contributed by atoms with Crippen LogP contribution in [0.5, 0.6) is 0 Å². The summed E-state index contributed by atoms with van der Waals surface area (Å²) in [5, 5.41) is 3.33. The Kier molecular flexibility index (Phi) is 9.77. The van der Waals surface area contributed by atoms with Crippen LogP contribution in [0.1, 0.15) is 20.3 Å². The summed E-state index contributed by atoms with van der Waals surface area (Å²) in [5.41, 5.74) is 0. The summed E-state index contributed by atoms with van der Waals surface area (Å²) in [7, 11) is 2.07. The maximum absolute atomic E-state index is 11.7. The largest absolute Gasteiger partial charge is 0.375 e. The summed E-state index contributed by atoms with van der Waals surface area (Å²) < 4.78 is 28.2. The lowest BCUT2D eigenvalue weighted by molar-refractivity contribution is 0.0166. The molecule has 1 atom stereocenters. The highest BCUT2D eigenvalue weighted by molar-refractivity contribution is 4.64. The third-order valence-corrected chi connectivity index (χ3v) is 2.33. The molecule has 0 spiro atoms. The smallest absolute Gasteiger partial charge is 0.261 e. The van der Waals surface area contributed by atoms with Crippen molar-refractivity contribution in [2.75, 3.05) is 39.9 Å². The molecule has 5 heteroatoms. The summed E-state index contributed by atoms with van der Waals surface area (Å²) in [6, 6.07) is 0.417. The first-order chi connectivity index (χ1) is 7.56. The van der Waals surface area contributed by atoms with Gasteiger partial charge in [0, 0.05) is 19.2 Å². The summed E-state index contributed by atoms with van der Waals surface area (Å²) in [6.45, 7) is 7.01. The van der Waals surface area contributed by atoms with Gasteiger partial charge in [0.1, 0.15) is 6.61 Å². The molecule has 0 aromatic rings. The van der Waals surface area contributed by atoms with Crippen molar-refractivity contribution in [2.24, 2.45) is 0 Å². The zero-order valence-electron chi connectivity index (χ0n) is 10.5. The van der Waals surface area contributed by atoms with Gasteiger partial charge in [-0.3, -0.25) is 0 Å². The Balaban J connectivity index is 3.24. The van der Waals surface area contributed by atoms with E-state index in [0.29, 0.717) is 12.6 Å². The Morgan fingerprint density at radius 2 is 2.06 bits per heavy atom. The standard InChI is InChI=1S/C11H24F2N2O/c1-4-15(3)8-10(2)14-6-5-7-16-9-11(12)13/h10-11,14H,4-9H2,1-3H3. The molecule has 0 rings (SSSR count). The van der Waals surface area contributed by atoms with Crippen LogP contribution < -0.4 is 5.32 Å². The first kappa shape index (κ1) is 15.7. The van der Waals surface area contributed by atoms with Gasteiger partial charge in [0.25, 0.3) is 6.43 Å². The highest BCUT2D eigenvalue weighted by Crippen LogP contribution is 1.93. The van der Waals surface area contributed by atoms with E-state index in [0.717, 1.165) is 26.1 Å². The molecule has 3 nitrogen and oxygen atoms in total. The SMILES string of the molecule is CCN(C)CC(C)NCCCOCC(F)F. The van der Waals surface area contributed by atoms with Gasteiger partial charge in [0.05, 0.1) is 0 Å². The summed E-state index contributed by atoms with van der Waals surface area (Å²) in [4.78, 5) is 2.23. The predicted octanol–water partition coefficient (Wildman–Crippen LogP) is 1.59. The fraction of sp³-hybridized carbons (Fsp3) is 1.00. The molecule has 0 radical (unpaired) electrons. The number of rotatable bonds is 10. The summed E-state index contributed by atoms with van der Waals surface area (Å²) >= 11 is 0. The first-order valence-corrected chi connectivity index (χ1v) is 5.84. The maximum atomic E-state index is 11.7. The van der Waals surface area contributed by atoms with E-state index < -0.39 is 13.0 Å². The van der Waals surface area contributed by atoms with Crippen LogP contribution in [0.2, 0.25) is 0 Å². The van der Waals surface area contributed by atoms with Crippen LogP contribution in [0.25, 0.3) is 0 Å². The summed E-state index contributed by atoms with van der Waals surface area (Å²) in [5.74, 6) is 0. The predicted molar refractivity (Wildman–Crippen MR) is 62.1 cm³/mol. The molecule has 0 aliphatic rings. The molecule has 1 unspecified atom stereocenters. The van der Waals surface area contributed by atoms with Crippen LogP contribution in [-0.4, -0.2) is 57.3 Å². The van der Waals surface area contributed by atoms with Gasteiger partial charge in [0.15, 0.2) is 0 Å². The number of hydrogen-bond acceptors (Lipinski definition) is 3. The van der Waals surface area contributed by atoms with Gasteiger partial charge in [-0.05, 0) is 33.5 Å². The average Bonchev–Trinajstić information content (AvgIpc) is 2.22. The first-order valence-electron chi connectivity index (χ1n) is 5.84. The Bertz CT molecular complexity index is 159. The molecule has 0 fully saturated rings. The maximum Gasteiger partial charge on any atom is 0.261 e. The molecular weight excluding hydrogens is 214 g/mol. The van der Waals surface area contributed by atoms with E-state index in [1.165, 1.54) is 0 Å². The van der Waals surface area contributed by atoms with E-state index in [1.807, 2.05) is 0 Å². The van der Waals surface area contributed by atoms with Crippen molar-refractivity contribution in [2.45, 2.75) is 32.7 Å². The van der Waals surface area contributed by atoms with Crippen LogP contribution in [0.15, 0.2) is 0 Å². The van der Waals surface area contributed by atoms with E-state index in [9.17, 15) is 8.78 Å². The highest BCUT2D eigenvalue weighted by Gasteiger charge is 2.04. The van der Waals surface area contributed by atoms with Gasteiger partial charge in [-0.2, -0.15) is 0 Å². The molecule has 0 aliphatic heterocycles. The van der Waals surface area contributed by atoms with Crippen LogP contribution >= 0.6 is 0 Å². The van der Waals surface area contributed by atoms with Crippen LogP contribution in [0, 0.1) is 0 Å². The van der Waals surface area contributed by atoms with E-state index in [-0.39, 0.29) is 0 Å². The minimum Gasteiger partial charge on any atom is -0.375 e. The number of hydrogen-bond donors (Lipinski definition) is 1. The average molecular weight is 238 g/mol. The molecule has 0 saturated carbocycles. The number of alkyl halides is 2. The Hall–Kier alpha value is -0.260. The quantitative estimate of drug-likeness (QED) is 0.585. The normalized spacial score (nSPS) is 13.7. The molecule has 0 aliphatic carbocycles. The Labute approximate surface area is 97.1 Å². The molecule has 0 heterocycles. The third kappa shape index (κ3) is 10.3. The van der Waals surface area contributed by atoms with Crippen molar-refractivity contribution in [1.82, 2.24) is 10.2 Å². The van der Waals surface area contributed by atoms with Crippen molar-refractivity contribution < 1.29 is 13.5 Å². The fourth-order valence-corrected chi connectivity index (χ4v) is 1.36. The molecule has 16 heavy (non-hydrogen) atoms. The zero-order valence-corrected chi connectivity index (χ0v) is 10.5. The van der Waals surface area contributed by atoms with Gasteiger partial charge in [-0.25, -0.2) is 8.78 Å². The number of nitrogens with zero attached hydrogens (tertiary/aromatic N) is 1. The van der Waals surface area contributed by atoms with E-state index in [2.05, 4.69) is 31.1 Å². The number of likely N-dealkylation sites (N-methyl/N-ethyl adjacent to an activating group) is 1. The van der Waals surface area contributed by atoms with Gasteiger partial charge >= 0.3 is 0 Å². The molecule has 0 aromatic heterocycles. The monoisotopic (exact) mass is 238 g/mol. The van der Waals surface area contributed by atoms with Crippen LogP contribution in [0.4, 0.5) is 8.78 Å². The second kappa shape index (κ2) is 9.93. The summed E-state index contributed by atoms with van der Waals surface area (Å²) in [6.07, 6.45) is -1.59. The number of ether oxygens (including phenoxy) is 1. The van der Waals surface area contributed by atoms with Crippen molar-refractivity contribution in [3.8, 4) is 0 Å². The van der Waals surface area contributed by atoms with Gasteiger partial charge < -0.3 is 15.0 Å². The molecular formula is C11H24F2N2O. The molecule has 0 aromatic carbocycles. The van der Waals surface area contributed by atoms with Gasteiger partial charge in [-0.1, -0.05) is 6.92 Å². The zero-order chi connectivity index (χ0) is 12.4.